The second kappa shape index (κ2) is 14.2. The Hall–Kier alpha value is -4.42. The number of halogens is 2. The number of ether oxygens (including phenoxy) is 2. The maximum atomic E-state index is 15.1. The Labute approximate surface area is 287 Å². The average molecular weight is 687 g/mol. The molecule has 0 aliphatic heterocycles. The average Bonchev–Trinajstić information content (AvgIpc) is 3.84. The standard InChI is InChI=1S/C37H44F2N6O3Si/c1-7-46-25-19-29(38)28(30(39)20-25)23-45-32-12-9-8-11-26(32)34(44-45)36-41-22-33(47-17-10-18-48-49(5,6)37(2,3)4)35(43-36)42-31-15-16-40-21-27(31)24-13-14-24/h8-9,11-12,15-16,19-22,24H,7,10,13-14,17-18,23H2,1-6H3,(H,40,41,42,43). The minimum absolute atomic E-state index is 0.113. The van der Waals surface area contributed by atoms with Crippen LogP contribution in [0, 0.1) is 11.6 Å². The van der Waals surface area contributed by atoms with Crippen LogP contribution >= 0.6 is 0 Å². The van der Waals surface area contributed by atoms with Crippen LogP contribution < -0.4 is 14.8 Å². The van der Waals surface area contributed by atoms with E-state index in [1.165, 1.54) is 12.1 Å². The summed E-state index contributed by atoms with van der Waals surface area (Å²) in [5, 5.41) is 9.17. The van der Waals surface area contributed by atoms with E-state index in [9.17, 15) is 0 Å². The lowest BCUT2D eigenvalue weighted by molar-refractivity contribution is 0.233. The fourth-order valence-corrected chi connectivity index (χ4v) is 6.46. The summed E-state index contributed by atoms with van der Waals surface area (Å²) < 4.78 is 49.7. The van der Waals surface area contributed by atoms with Gasteiger partial charge in [0.25, 0.3) is 0 Å². The van der Waals surface area contributed by atoms with E-state index in [4.69, 9.17) is 24.0 Å². The molecule has 1 saturated carbocycles. The van der Waals surface area contributed by atoms with Gasteiger partial charge in [-0.05, 0) is 61.5 Å². The van der Waals surface area contributed by atoms with Crippen molar-refractivity contribution in [2.45, 2.75) is 77.6 Å². The van der Waals surface area contributed by atoms with Gasteiger partial charge in [-0.1, -0.05) is 39.0 Å². The summed E-state index contributed by atoms with van der Waals surface area (Å²) in [5.41, 5.74) is 3.10. The van der Waals surface area contributed by atoms with Crippen molar-refractivity contribution < 1.29 is 22.7 Å². The van der Waals surface area contributed by atoms with Gasteiger partial charge in [0.1, 0.15) is 23.1 Å². The lowest BCUT2D eigenvalue weighted by Gasteiger charge is -2.36. The Kier molecular flexibility index (Phi) is 9.98. The summed E-state index contributed by atoms with van der Waals surface area (Å²) in [6.45, 7) is 14.1. The monoisotopic (exact) mass is 686 g/mol. The van der Waals surface area contributed by atoms with E-state index >= 15 is 8.78 Å². The molecule has 0 amide bonds. The van der Waals surface area contributed by atoms with Crippen LogP contribution in [0.25, 0.3) is 22.4 Å². The van der Waals surface area contributed by atoms with E-state index in [2.05, 4.69) is 49.1 Å². The highest BCUT2D eigenvalue weighted by atomic mass is 28.4. The minimum Gasteiger partial charge on any atom is -0.494 e. The van der Waals surface area contributed by atoms with Crippen LogP contribution in [0.4, 0.5) is 20.3 Å². The van der Waals surface area contributed by atoms with Crippen molar-refractivity contribution in [1.29, 1.82) is 0 Å². The van der Waals surface area contributed by atoms with E-state index in [1.54, 1.807) is 24.0 Å². The summed E-state index contributed by atoms with van der Waals surface area (Å²) in [6.07, 6.45) is 8.25. The third-order valence-corrected chi connectivity index (χ3v) is 13.8. The van der Waals surface area contributed by atoms with Crippen molar-refractivity contribution in [2.24, 2.45) is 0 Å². The van der Waals surface area contributed by atoms with E-state index in [1.807, 2.05) is 36.5 Å². The molecule has 5 aromatic rings. The molecule has 1 aliphatic rings. The predicted octanol–water partition coefficient (Wildman–Crippen LogP) is 9.03. The van der Waals surface area contributed by atoms with Gasteiger partial charge >= 0.3 is 0 Å². The number of nitrogens with one attached hydrogen (secondary N) is 1. The van der Waals surface area contributed by atoms with Gasteiger partial charge in [-0.25, -0.2) is 18.7 Å². The fraction of sp³-hybridized carbons (Fsp3) is 0.405. The molecule has 2 aromatic carbocycles. The Morgan fingerprint density at radius 2 is 1.76 bits per heavy atom. The predicted molar refractivity (Wildman–Crippen MR) is 190 cm³/mol. The normalized spacial score (nSPS) is 13.6. The summed E-state index contributed by atoms with van der Waals surface area (Å²) in [6, 6.07) is 11.8. The van der Waals surface area contributed by atoms with Gasteiger partial charge in [0.2, 0.25) is 0 Å². The number of benzene rings is 2. The number of nitrogens with zero attached hydrogens (tertiary/aromatic N) is 5. The largest absolute Gasteiger partial charge is 0.494 e. The SMILES string of the molecule is CCOc1cc(F)c(Cn2nc(-c3ncc(OCCCO[Si](C)(C)C(C)(C)C)c(Nc4ccncc4C4CC4)n3)c3ccccc32)c(F)c1. The number of anilines is 2. The van der Waals surface area contributed by atoms with Crippen LogP contribution in [0.1, 0.15) is 64.0 Å². The first-order valence-corrected chi connectivity index (χ1v) is 19.8. The third kappa shape index (κ3) is 7.75. The van der Waals surface area contributed by atoms with E-state index < -0.39 is 20.0 Å². The van der Waals surface area contributed by atoms with Gasteiger partial charge in [0, 0.05) is 54.2 Å². The van der Waals surface area contributed by atoms with Crippen molar-refractivity contribution >= 4 is 30.7 Å². The first-order chi connectivity index (χ1) is 23.4. The lowest BCUT2D eigenvalue weighted by Crippen LogP contribution is -2.41. The van der Waals surface area contributed by atoms with Gasteiger partial charge in [0.15, 0.2) is 25.7 Å². The molecule has 3 heterocycles. The second-order valence-corrected chi connectivity index (χ2v) is 18.7. The summed E-state index contributed by atoms with van der Waals surface area (Å²) in [7, 11) is -1.86. The Morgan fingerprint density at radius 3 is 2.47 bits per heavy atom. The molecule has 3 aromatic heterocycles. The molecule has 6 rings (SSSR count). The molecule has 0 unspecified atom stereocenters. The van der Waals surface area contributed by atoms with Crippen molar-refractivity contribution in [1.82, 2.24) is 24.7 Å². The molecule has 0 bridgehead atoms. The second-order valence-electron chi connectivity index (χ2n) is 13.9. The van der Waals surface area contributed by atoms with Crippen LogP contribution in [0.3, 0.4) is 0 Å². The van der Waals surface area contributed by atoms with Crippen molar-refractivity contribution in [3.8, 4) is 23.0 Å². The number of pyridine rings is 1. The first kappa shape index (κ1) is 34.4. The van der Waals surface area contributed by atoms with Gasteiger partial charge in [-0.3, -0.25) is 9.67 Å². The highest BCUT2D eigenvalue weighted by Crippen LogP contribution is 2.44. The highest BCUT2D eigenvalue weighted by molar-refractivity contribution is 6.74. The molecule has 258 valence electrons. The fourth-order valence-electron chi connectivity index (χ4n) is 5.38. The third-order valence-electron chi connectivity index (χ3n) is 9.30. The smallest absolute Gasteiger partial charge is 0.191 e. The molecule has 1 fully saturated rings. The molecular weight excluding hydrogens is 643 g/mol. The van der Waals surface area contributed by atoms with Crippen LogP contribution in [0.15, 0.2) is 61.1 Å². The zero-order valence-electron chi connectivity index (χ0n) is 29.0. The molecule has 0 saturated heterocycles. The number of aromatic nitrogens is 5. The lowest BCUT2D eigenvalue weighted by atomic mass is 10.1. The summed E-state index contributed by atoms with van der Waals surface area (Å²) in [5.74, 6) is 0.533. The molecule has 0 spiro atoms. The van der Waals surface area contributed by atoms with Crippen molar-refractivity contribution in [2.75, 3.05) is 25.1 Å². The Bertz CT molecular complexity index is 1920. The highest BCUT2D eigenvalue weighted by Gasteiger charge is 2.37. The van der Waals surface area contributed by atoms with Crippen molar-refractivity contribution in [3.63, 3.8) is 0 Å². The minimum atomic E-state index is -1.86. The number of fused-ring (bicyclic) bond motifs is 1. The number of hydrogen-bond donors (Lipinski definition) is 1. The summed E-state index contributed by atoms with van der Waals surface area (Å²) >= 11 is 0. The van der Waals surface area contributed by atoms with Gasteiger partial charge in [-0.15, -0.1) is 0 Å². The molecular formula is C37H44F2N6O3Si. The maximum Gasteiger partial charge on any atom is 0.191 e. The summed E-state index contributed by atoms with van der Waals surface area (Å²) in [4.78, 5) is 14.0. The maximum absolute atomic E-state index is 15.1. The van der Waals surface area contributed by atoms with E-state index in [0.29, 0.717) is 60.8 Å². The van der Waals surface area contributed by atoms with Crippen LogP contribution in [-0.2, 0) is 11.0 Å². The van der Waals surface area contributed by atoms with Gasteiger partial charge in [0.05, 0.1) is 31.5 Å². The molecule has 1 N–H and O–H groups in total. The zero-order valence-corrected chi connectivity index (χ0v) is 30.0. The van der Waals surface area contributed by atoms with E-state index in [0.717, 1.165) is 29.5 Å². The van der Waals surface area contributed by atoms with Gasteiger partial charge in [-0.2, -0.15) is 5.10 Å². The Morgan fingerprint density at radius 1 is 1.00 bits per heavy atom. The number of rotatable bonds is 14. The molecule has 1 aliphatic carbocycles. The van der Waals surface area contributed by atoms with Crippen LogP contribution in [0.5, 0.6) is 11.5 Å². The quantitative estimate of drug-likeness (QED) is 0.0914. The van der Waals surface area contributed by atoms with Crippen molar-refractivity contribution in [3.05, 3.63) is 83.8 Å². The van der Waals surface area contributed by atoms with Crippen LogP contribution in [-0.4, -0.2) is 52.9 Å². The van der Waals surface area contributed by atoms with E-state index in [-0.39, 0.29) is 22.9 Å². The number of para-hydroxylation sites is 1. The Balaban J connectivity index is 1.31. The first-order valence-electron chi connectivity index (χ1n) is 16.9. The molecule has 0 atom stereocenters. The molecule has 12 heteroatoms. The molecule has 0 radical (unpaired) electrons. The topological polar surface area (TPSA) is 96.2 Å². The zero-order chi connectivity index (χ0) is 34.8. The molecule has 9 nitrogen and oxygen atoms in total. The van der Waals surface area contributed by atoms with Gasteiger partial charge < -0.3 is 19.2 Å². The van der Waals surface area contributed by atoms with Crippen LogP contribution in [0.2, 0.25) is 18.1 Å². The molecule has 49 heavy (non-hydrogen) atoms. The number of hydrogen-bond acceptors (Lipinski definition) is 8.